The van der Waals surface area contributed by atoms with Gasteiger partial charge in [0.15, 0.2) is 0 Å². The van der Waals surface area contributed by atoms with Crippen LogP contribution >= 0.6 is 0 Å². The molecule has 0 saturated carbocycles. The molecule has 0 fully saturated rings. The van der Waals surface area contributed by atoms with Crippen molar-refractivity contribution in [3.8, 4) is 0 Å². The van der Waals surface area contributed by atoms with Crippen molar-refractivity contribution in [2.75, 3.05) is 5.32 Å². The highest BCUT2D eigenvalue weighted by Gasteiger charge is 2.14. The zero-order valence-electron chi connectivity index (χ0n) is 12.7. The minimum absolute atomic E-state index is 0.0645. The number of hydrogen-bond donors (Lipinski definition) is 2. The lowest BCUT2D eigenvalue weighted by Crippen LogP contribution is -2.13. The highest BCUT2D eigenvalue weighted by Crippen LogP contribution is 2.21. The zero-order chi connectivity index (χ0) is 17.3. The number of halogens is 1. The number of pyridine rings is 1. The second kappa shape index (κ2) is 6.08. The van der Waals surface area contributed by atoms with Gasteiger partial charge in [-0.3, -0.25) is 9.78 Å². The van der Waals surface area contributed by atoms with E-state index in [0.29, 0.717) is 22.3 Å². The first kappa shape index (κ1) is 15.6. The van der Waals surface area contributed by atoms with Crippen LogP contribution < -0.4 is 5.32 Å². The molecule has 0 unspecified atom stereocenters. The number of carboxylic acids is 1. The smallest absolute Gasteiger partial charge is 0.335 e. The molecule has 0 bridgehead atoms. The standard InChI is InChI=1S/C18H13FN2O3/c1-10-7-15(14-9-12(19)5-6-16(14)20-10)17(22)21-13-4-2-3-11(8-13)18(23)24/h2-9H,1H3,(H,21,22)(H,23,24). The summed E-state index contributed by atoms with van der Waals surface area (Å²) in [5.41, 5.74) is 1.82. The minimum Gasteiger partial charge on any atom is -0.478 e. The molecule has 0 spiro atoms. The molecule has 2 aromatic carbocycles. The van der Waals surface area contributed by atoms with Crippen LogP contribution in [0.15, 0.2) is 48.5 Å². The Hall–Kier alpha value is -3.28. The third-order valence-corrected chi connectivity index (χ3v) is 3.51. The molecular formula is C18H13FN2O3. The number of carbonyl (C=O) groups is 2. The Kier molecular flexibility index (Phi) is 3.95. The molecule has 1 aromatic heterocycles. The van der Waals surface area contributed by atoms with Gasteiger partial charge in [-0.25, -0.2) is 9.18 Å². The van der Waals surface area contributed by atoms with E-state index in [0.717, 1.165) is 0 Å². The Morgan fingerprint density at radius 2 is 1.92 bits per heavy atom. The third kappa shape index (κ3) is 3.08. The van der Waals surface area contributed by atoms with Crippen LogP contribution in [0.4, 0.5) is 10.1 Å². The topological polar surface area (TPSA) is 79.3 Å². The normalized spacial score (nSPS) is 10.6. The van der Waals surface area contributed by atoms with Gasteiger partial charge in [-0.05, 0) is 49.4 Å². The molecule has 6 heteroatoms. The van der Waals surface area contributed by atoms with Gasteiger partial charge in [-0.15, -0.1) is 0 Å². The molecule has 1 heterocycles. The second-order valence-electron chi connectivity index (χ2n) is 5.31. The summed E-state index contributed by atoms with van der Waals surface area (Å²) >= 11 is 0. The quantitative estimate of drug-likeness (QED) is 0.771. The average molecular weight is 324 g/mol. The number of carboxylic acid groups (broad SMARTS) is 1. The number of anilines is 1. The molecule has 1 amide bonds. The molecule has 2 N–H and O–H groups in total. The Bertz CT molecular complexity index is 970. The minimum atomic E-state index is -1.08. The number of carbonyl (C=O) groups excluding carboxylic acids is 1. The third-order valence-electron chi connectivity index (χ3n) is 3.51. The van der Waals surface area contributed by atoms with E-state index in [1.165, 1.54) is 36.4 Å². The van der Waals surface area contributed by atoms with Crippen LogP contribution in [0.25, 0.3) is 10.9 Å². The van der Waals surface area contributed by atoms with Crippen molar-refractivity contribution in [1.82, 2.24) is 4.98 Å². The van der Waals surface area contributed by atoms with Crippen molar-refractivity contribution in [2.45, 2.75) is 6.92 Å². The number of aromatic carboxylic acids is 1. The maximum Gasteiger partial charge on any atom is 0.335 e. The van der Waals surface area contributed by atoms with Crippen molar-refractivity contribution in [3.05, 3.63) is 71.2 Å². The van der Waals surface area contributed by atoms with Gasteiger partial charge in [-0.1, -0.05) is 6.07 Å². The molecule has 0 aliphatic carbocycles. The Morgan fingerprint density at radius 1 is 1.12 bits per heavy atom. The van der Waals surface area contributed by atoms with Gasteiger partial charge in [0.25, 0.3) is 5.91 Å². The molecule has 0 aliphatic heterocycles. The van der Waals surface area contributed by atoms with Gasteiger partial charge >= 0.3 is 5.97 Å². The number of aryl methyl sites for hydroxylation is 1. The van der Waals surface area contributed by atoms with Crippen LogP contribution in [-0.2, 0) is 0 Å². The lowest BCUT2D eigenvalue weighted by molar-refractivity contribution is 0.0696. The first-order chi connectivity index (χ1) is 11.4. The molecule has 24 heavy (non-hydrogen) atoms. The predicted octanol–water partition coefficient (Wildman–Crippen LogP) is 3.63. The fourth-order valence-corrected chi connectivity index (χ4v) is 2.45. The first-order valence-corrected chi connectivity index (χ1v) is 7.15. The van der Waals surface area contributed by atoms with Crippen molar-refractivity contribution in [3.63, 3.8) is 0 Å². The summed E-state index contributed by atoms with van der Waals surface area (Å²) in [6.07, 6.45) is 0. The number of fused-ring (bicyclic) bond motifs is 1. The van der Waals surface area contributed by atoms with E-state index < -0.39 is 17.7 Å². The van der Waals surface area contributed by atoms with E-state index in [2.05, 4.69) is 10.3 Å². The summed E-state index contributed by atoms with van der Waals surface area (Å²) in [7, 11) is 0. The maximum absolute atomic E-state index is 13.5. The summed E-state index contributed by atoms with van der Waals surface area (Å²) < 4.78 is 13.5. The Balaban J connectivity index is 2.01. The van der Waals surface area contributed by atoms with Gasteiger partial charge in [0.05, 0.1) is 16.6 Å². The summed E-state index contributed by atoms with van der Waals surface area (Å²) in [6, 6.07) is 11.5. The van der Waals surface area contributed by atoms with Crippen LogP contribution in [-0.4, -0.2) is 22.0 Å². The van der Waals surface area contributed by atoms with Gasteiger partial charge in [0, 0.05) is 16.8 Å². The number of nitrogens with one attached hydrogen (secondary N) is 1. The molecule has 120 valence electrons. The maximum atomic E-state index is 13.5. The number of rotatable bonds is 3. The fourth-order valence-electron chi connectivity index (χ4n) is 2.45. The molecule has 0 radical (unpaired) electrons. The fraction of sp³-hybridized carbons (Fsp3) is 0.0556. The first-order valence-electron chi connectivity index (χ1n) is 7.15. The molecule has 5 nitrogen and oxygen atoms in total. The summed E-state index contributed by atoms with van der Waals surface area (Å²) in [5.74, 6) is -2.01. The van der Waals surface area contributed by atoms with Crippen molar-refractivity contribution in [2.24, 2.45) is 0 Å². The van der Waals surface area contributed by atoms with Gasteiger partial charge in [0.2, 0.25) is 0 Å². The summed E-state index contributed by atoms with van der Waals surface area (Å²) in [4.78, 5) is 27.8. The molecule has 0 aliphatic rings. The van der Waals surface area contributed by atoms with Crippen molar-refractivity contribution >= 4 is 28.5 Å². The zero-order valence-corrected chi connectivity index (χ0v) is 12.7. The number of amides is 1. The van der Waals surface area contributed by atoms with Crippen LogP contribution in [0.1, 0.15) is 26.4 Å². The highest BCUT2D eigenvalue weighted by atomic mass is 19.1. The van der Waals surface area contributed by atoms with Gasteiger partial charge < -0.3 is 10.4 Å². The van der Waals surface area contributed by atoms with Crippen LogP contribution in [0.2, 0.25) is 0 Å². The van der Waals surface area contributed by atoms with Crippen LogP contribution in [0, 0.1) is 12.7 Å². The predicted molar refractivity (Wildman–Crippen MR) is 87.8 cm³/mol. The largest absolute Gasteiger partial charge is 0.478 e. The molecule has 3 aromatic rings. The number of hydrogen-bond acceptors (Lipinski definition) is 3. The number of nitrogens with zero attached hydrogens (tertiary/aromatic N) is 1. The number of benzene rings is 2. The summed E-state index contributed by atoms with van der Waals surface area (Å²) in [6.45, 7) is 1.74. The molecule has 0 atom stereocenters. The van der Waals surface area contributed by atoms with E-state index in [9.17, 15) is 14.0 Å². The van der Waals surface area contributed by atoms with Gasteiger partial charge in [0.1, 0.15) is 5.82 Å². The van der Waals surface area contributed by atoms with Crippen molar-refractivity contribution in [1.29, 1.82) is 0 Å². The molecule has 0 saturated heterocycles. The Morgan fingerprint density at radius 3 is 2.67 bits per heavy atom. The van der Waals surface area contributed by atoms with E-state index >= 15 is 0 Å². The van der Waals surface area contributed by atoms with Crippen molar-refractivity contribution < 1.29 is 19.1 Å². The molecular weight excluding hydrogens is 311 g/mol. The van der Waals surface area contributed by atoms with E-state index in [-0.39, 0.29) is 11.1 Å². The monoisotopic (exact) mass is 324 g/mol. The highest BCUT2D eigenvalue weighted by molar-refractivity contribution is 6.12. The van der Waals surface area contributed by atoms with E-state index in [1.807, 2.05) is 0 Å². The average Bonchev–Trinajstić information content (AvgIpc) is 2.54. The SMILES string of the molecule is Cc1cc(C(=O)Nc2cccc(C(=O)O)c2)c2cc(F)ccc2n1. The lowest BCUT2D eigenvalue weighted by atomic mass is 10.1. The van der Waals surface area contributed by atoms with Gasteiger partial charge in [-0.2, -0.15) is 0 Å². The number of aromatic nitrogens is 1. The second-order valence-corrected chi connectivity index (χ2v) is 5.31. The summed E-state index contributed by atoms with van der Waals surface area (Å²) in [5, 5.41) is 12.0. The van der Waals surface area contributed by atoms with E-state index in [4.69, 9.17) is 5.11 Å². The lowest BCUT2D eigenvalue weighted by Gasteiger charge is -2.10. The van der Waals surface area contributed by atoms with E-state index in [1.54, 1.807) is 19.1 Å². The van der Waals surface area contributed by atoms with Crippen LogP contribution in [0.3, 0.4) is 0 Å². The van der Waals surface area contributed by atoms with Crippen LogP contribution in [0.5, 0.6) is 0 Å². The Labute approximate surface area is 136 Å². The molecule has 3 rings (SSSR count).